The van der Waals surface area contributed by atoms with Gasteiger partial charge < -0.3 is 5.32 Å². The van der Waals surface area contributed by atoms with Crippen molar-refractivity contribution >= 4 is 27.5 Å². The fraction of sp³-hybridized carbons (Fsp3) is 0.533. The second kappa shape index (κ2) is 7.44. The SMILES string of the molecule is CCS(=O)(=O)N1CCC[C@H](C(=O)NCc2ccc(Cl)cc2)C1. The summed E-state index contributed by atoms with van der Waals surface area (Å²) >= 11 is 5.82. The number of hydrogen-bond donors (Lipinski definition) is 1. The summed E-state index contributed by atoms with van der Waals surface area (Å²) in [7, 11) is -3.22. The number of rotatable bonds is 5. The van der Waals surface area contributed by atoms with Gasteiger partial charge in [-0.15, -0.1) is 0 Å². The van der Waals surface area contributed by atoms with E-state index >= 15 is 0 Å². The van der Waals surface area contributed by atoms with Crippen LogP contribution in [0.1, 0.15) is 25.3 Å². The van der Waals surface area contributed by atoms with E-state index in [1.165, 1.54) is 4.31 Å². The summed E-state index contributed by atoms with van der Waals surface area (Å²) in [6.45, 7) is 2.84. The van der Waals surface area contributed by atoms with Gasteiger partial charge in [0, 0.05) is 24.7 Å². The Morgan fingerprint density at radius 2 is 2.05 bits per heavy atom. The molecule has 0 unspecified atom stereocenters. The molecular formula is C15H21ClN2O3S. The molecule has 122 valence electrons. The molecule has 1 aromatic rings. The summed E-state index contributed by atoms with van der Waals surface area (Å²) in [6, 6.07) is 7.27. The summed E-state index contributed by atoms with van der Waals surface area (Å²) in [5, 5.41) is 3.53. The van der Waals surface area contributed by atoms with E-state index in [1.54, 1.807) is 19.1 Å². The highest BCUT2D eigenvalue weighted by Crippen LogP contribution is 2.20. The van der Waals surface area contributed by atoms with Crippen molar-refractivity contribution in [3.05, 3.63) is 34.9 Å². The molecule has 1 saturated heterocycles. The average Bonchev–Trinajstić information content (AvgIpc) is 2.54. The van der Waals surface area contributed by atoms with Crippen molar-refractivity contribution in [2.24, 2.45) is 5.92 Å². The first-order chi connectivity index (χ1) is 10.4. The smallest absolute Gasteiger partial charge is 0.224 e. The molecule has 0 bridgehead atoms. The first kappa shape index (κ1) is 17.2. The zero-order chi connectivity index (χ0) is 16.2. The number of carbonyl (C=O) groups is 1. The summed E-state index contributed by atoms with van der Waals surface area (Å²) in [5.74, 6) is -0.292. The third-order valence-electron chi connectivity index (χ3n) is 3.89. The number of piperidine rings is 1. The average molecular weight is 345 g/mol. The Balaban J connectivity index is 1.90. The first-order valence-electron chi connectivity index (χ1n) is 7.42. The van der Waals surface area contributed by atoms with Crippen molar-refractivity contribution in [3.63, 3.8) is 0 Å². The topological polar surface area (TPSA) is 66.5 Å². The maximum absolute atomic E-state index is 12.2. The Bertz CT molecular complexity index is 616. The number of sulfonamides is 1. The number of hydrogen-bond acceptors (Lipinski definition) is 3. The molecule has 5 nitrogen and oxygen atoms in total. The number of nitrogens with zero attached hydrogens (tertiary/aromatic N) is 1. The van der Waals surface area contributed by atoms with Gasteiger partial charge in [0.1, 0.15) is 0 Å². The van der Waals surface area contributed by atoms with Gasteiger partial charge in [0.15, 0.2) is 0 Å². The van der Waals surface area contributed by atoms with E-state index < -0.39 is 10.0 Å². The van der Waals surface area contributed by atoms with Crippen LogP contribution in [0.4, 0.5) is 0 Å². The van der Waals surface area contributed by atoms with Gasteiger partial charge in [-0.2, -0.15) is 0 Å². The molecule has 1 aromatic carbocycles. The lowest BCUT2D eigenvalue weighted by Gasteiger charge is -2.30. The summed E-state index contributed by atoms with van der Waals surface area (Å²) in [5.41, 5.74) is 0.964. The van der Waals surface area contributed by atoms with Gasteiger partial charge in [-0.05, 0) is 37.5 Å². The van der Waals surface area contributed by atoms with Gasteiger partial charge in [0.25, 0.3) is 0 Å². The van der Waals surface area contributed by atoms with Gasteiger partial charge in [0.2, 0.25) is 15.9 Å². The van der Waals surface area contributed by atoms with E-state index in [0.29, 0.717) is 18.1 Å². The number of benzene rings is 1. The van der Waals surface area contributed by atoms with E-state index in [-0.39, 0.29) is 24.1 Å². The molecule has 0 saturated carbocycles. The molecule has 22 heavy (non-hydrogen) atoms. The molecule has 1 heterocycles. The van der Waals surface area contributed by atoms with Crippen LogP contribution in [0.2, 0.25) is 5.02 Å². The van der Waals surface area contributed by atoms with Gasteiger partial charge >= 0.3 is 0 Å². The van der Waals surface area contributed by atoms with Crippen LogP contribution in [0, 0.1) is 5.92 Å². The molecule has 7 heteroatoms. The van der Waals surface area contributed by atoms with Crippen molar-refractivity contribution in [1.29, 1.82) is 0 Å². The highest BCUT2D eigenvalue weighted by Gasteiger charge is 2.31. The molecule has 1 atom stereocenters. The third-order valence-corrected chi connectivity index (χ3v) is 5.99. The number of amides is 1. The number of halogens is 1. The maximum Gasteiger partial charge on any atom is 0.224 e. The highest BCUT2D eigenvalue weighted by atomic mass is 35.5. The summed E-state index contributed by atoms with van der Waals surface area (Å²) in [4.78, 5) is 12.2. The fourth-order valence-corrected chi connectivity index (χ4v) is 3.83. The zero-order valence-corrected chi connectivity index (χ0v) is 14.2. The Hall–Kier alpha value is -1.11. The normalized spacial score (nSPS) is 19.8. The monoisotopic (exact) mass is 344 g/mol. The maximum atomic E-state index is 12.2. The minimum absolute atomic E-state index is 0.0755. The van der Waals surface area contributed by atoms with Gasteiger partial charge in [-0.25, -0.2) is 12.7 Å². The standard InChI is InChI=1S/C15H21ClN2O3S/c1-2-22(20,21)18-9-3-4-13(11-18)15(19)17-10-12-5-7-14(16)8-6-12/h5-8,13H,2-4,9-11H2,1H3,(H,17,19)/t13-/m0/s1. The molecule has 1 amide bonds. The van der Waals surface area contributed by atoms with Crippen molar-refractivity contribution in [3.8, 4) is 0 Å². The molecule has 0 radical (unpaired) electrons. The van der Waals surface area contributed by atoms with E-state index in [1.807, 2.05) is 12.1 Å². The highest BCUT2D eigenvalue weighted by molar-refractivity contribution is 7.89. The molecule has 1 fully saturated rings. The Kier molecular flexibility index (Phi) is 5.83. The molecule has 0 aromatic heterocycles. The zero-order valence-electron chi connectivity index (χ0n) is 12.6. The molecule has 0 spiro atoms. The number of nitrogens with one attached hydrogen (secondary N) is 1. The van der Waals surface area contributed by atoms with E-state index in [9.17, 15) is 13.2 Å². The van der Waals surface area contributed by atoms with E-state index in [2.05, 4.69) is 5.32 Å². The van der Waals surface area contributed by atoms with Crippen LogP contribution in [0.3, 0.4) is 0 Å². The largest absolute Gasteiger partial charge is 0.352 e. The molecular weight excluding hydrogens is 324 g/mol. The minimum Gasteiger partial charge on any atom is -0.352 e. The summed E-state index contributed by atoms with van der Waals surface area (Å²) in [6.07, 6.45) is 1.44. The quantitative estimate of drug-likeness (QED) is 0.888. The van der Waals surface area contributed by atoms with Gasteiger partial charge in [0.05, 0.1) is 11.7 Å². The van der Waals surface area contributed by atoms with Crippen molar-refractivity contribution in [2.45, 2.75) is 26.3 Å². The number of carbonyl (C=O) groups excluding carboxylic acids is 1. The van der Waals surface area contributed by atoms with Crippen LogP contribution >= 0.6 is 11.6 Å². The summed E-state index contributed by atoms with van der Waals surface area (Å²) < 4.78 is 25.3. The Morgan fingerprint density at radius 1 is 1.36 bits per heavy atom. The Labute approximate surface area is 136 Å². The molecule has 2 rings (SSSR count). The second-order valence-electron chi connectivity index (χ2n) is 5.44. The lowest BCUT2D eigenvalue weighted by molar-refractivity contribution is -0.126. The fourth-order valence-electron chi connectivity index (χ4n) is 2.53. The van der Waals surface area contributed by atoms with Crippen LogP contribution in [-0.4, -0.2) is 37.5 Å². The molecule has 0 aliphatic carbocycles. The van der Waals surface area contributed by atoms with Gasteiger partial charge in [-0.3, -0.25) is 4.79 Å². The van der Waals surface area contributed by atoms with Crippen LogP contribution in [0.25, 0.3) is 0 Å². The minimum atomic E-state index is -3.22. The van der Waals surface area contributed by atoms with Crippen LogP contribution in [0.5, 0.6) is 0 Å². The van der Waals surface area contributed by atoms with E-state index in [0.717, 1.165) is 18.4 Å². The van der Waals surface area contributed by atoms with E-state index in [4.69, 9.17) is 11.6 Å². The molecule has 1 N–H and O–H groups in total. The molecule has 1 aliphatic heterocycles. The first-order valence-corrected chi connectivity index (χ1v) is 9.41. The van der Waals surface area contributed by atoms with Crippen molar-refractivity contribution < 1.29 is 13.2 Å². The predicted octanol–water partition coefficient (Wildman–Crippen LogP) is 2.02. The van der Waals surface area contributed by atoms with Crippen LogP contribution in [-0.2, 0) is 21.4 Å². The third kappa shape index (κ3) is 4.44. The van der Waals surface area contributed by atoms with Crippen molar-refractivity contribution in [1.82, 2.24) is 9.62 Å². The molecule has 1 aliphatic rings. The van der Waals surface area contributed by atoms with Crippen LogP contribution < -0.4 is 5.32 Å². The second-order valence-corrected chi connectivity index (χ2v) is 8.14. The van der Waals surface area contributed by atoms with Crippen molar-refractivity contribution in [2.75, 3.05) is 18.8 Å². The van der Waals surface area contributed by atoms with Gasteiger partial charge in [-0.1, -0.05) is 23.7 Å². The van der Waals surface area contributed by atoms with Crippen LogP contribution in [0.15, 0.2) is 24.3 Å². The Morgan fingerprint density at radius 3 is 2.68 bits per heavy atom. The predicted molar refractivity (Wildman–Crippen MR) is 87.1 cm³/mol. The lowest BCUT2D eigenvalue weighted by atomic mass is 9.99. The lowest BCUT2D eigenvalue weighted by Crippen LogP contribution is -2.45.